The third-order valence-corrected chi connectivity index (χ3v) is 5.69. The largest absolute Gasteiger partial charge is 0.380 e. The first-order chi connectivity index (χ1) is 12.6. The van der Waals surface area contributed by atoms with Crippen LogP contribution in [-0.4, -0.2) is 53.6 Å². The SMILES string of the molecule is CO[C@@H]1C[C@@H](c2nc(C)c(C)[nH]2)N(CC(=O)N2CCc3ccccc32)C1. The summed E-state index contributed by atoms with van der Waals surface area (Å²) in [6.45, 7) is 5.95. The van der Waals surface area contributed by atoms with E-state index in [2.05, 4.69) is 20.9 Å². The number of methoxy groups -OCH3 is 1. The predicted molar refractivity (Wildman–Crippen MR) is 100 cm³/mol. The molecule has 2 aliphatic rings. The van der Waals surface area contributed by atoms with Gasteiger partial charge in [-0.3, -0.25) is 9.69 Å². The number of aromatic amines is 1. The van der Waals surface area contributed by atoms with Crippen LogP contribution in [0.4, 0.5) is 5.69 Å². The number of hydrogen-bond acceptors (Lipinski definition) is 4. The molecule has 26 heavy (non-hydrogen) atoms. The number of H-pyrrole nitrogens is 1. The van der Waals surface area contributed by atoms with Crippen LogP contribution < -0.4 is 4.90 Å². The maximum absolute atomic E-state index is 13.0. The van der Waals surface area contributed by atoms with Gasteiger partial charge in [-0.05, 0) is 38.3 Å². The highest BCUT2D eigenvalue weighted by atomic mass is 16.5. The highest BCUT2D eigenvalue weighted by Gasteiger charge is 2.37. The van der Waals surface area contributed by atoms with Gasteiger partial charge in [-0.15, -0.1) is 0 Å². The average Bonchev–Trinajstić information content (AvgIpc) is 3.32. The van der Waals surface area contributed by atoms with Gasteiger partial charge >= 0.3 is 0 Å². The summed E-state index contributed by atoms with van der Waals surface area (Å²) in [6.07, 6.45) is 1.92. The lowest BCUT2D eigenvalue weighted by Crippen LogP contribution is -2.40. The molecule has 0 bridgehead atoms. The molecule has 2 aliphatic heterocycles. The van der Waals surface area contributed by atoms with Crippen molar-refractivity contribution < 1.29 is 9.53 Å². The summed E-state index contributed by atoms with van der Waals surface area (Å²) in [5.74, 6) is 1.09. The average molecular weight is 354 g/mol. The van der Waals surface area contributed by atoms with Gasteiger partial charge < -0.3 is 14.6 Å². The maximum atomic E-state index is 13.0. The van der Waals surface area contributed by atoms with Crippen molar-refractivity contribution >= 4 is 11.6 Å². The van der Waals surface area contributed by atoms with Crippen molar-refractivity contribution in [2.24, 2.45) is 0 Å². The Labute approximate surface area is 154 Å². The second-order valence-corrected chi connectivity index (χ2v) is 7.30. The van der Waals surface area contributed by atoms with E-state index >= 15 is 0 Å². The van der Waals surface area contributed by atoms with Crippen LogP contribution in [0.15, 0.2) is 24.3 Å². The summed E-state index contributed by atoms with van der Waals surface area (Å²) < 4.78 is 5.59. The fourth-order valence-electron chi connectivity index (χ4n) is 4.08. The number of fused-ring (bicyclic) bond motifs is 1. The Bertz CT molecular complexity index is 796. The molecule has 1 saturated heterocycles. The Balaban J connectivity index is 1.53. The van der Waals surface area contributed by atoms with E-state index in [0.29, 0.717) is 6.54 Å². The zero-order chi connectivity index (χ0) is 18.3. The molecule has 2 atom stereocenters. The summed E-state index contributed by atoms with van der Waals surface area (Å²) >= 11 is 0. The molecule has 1 N–H and O–H groups in total. The Hall–Kier alpha value is -2.18. The topological polar surface area (TPSA) is 61.5 Å². The van der Waals surface area contributed by atoms with E-state index in [1.165, 1.54) is 5.56 Å². The number of aromatic nitrogens is 2. The van der Waals surface area contributed by atoms with Crippen LogP contribution in [0.25, 0.3) is 0 Å². The first kappa shape index (κ1) is 17.2. The number of amides is 1. The Morgan fingerprint density at radius 2 is 2.15 bits per heavy atom. The lowest BCUT2D eigenvalue weighted by Gasteiger charge is -2.25. The molecule has 2 aromatic rings. The van der Waals surface area contributed by atoms with E-state index in [4.69, 9.17) is 4.74 Å². The molecule has 0 unspecified atom stereocenters. The van der Waals surface area contributed by atoms with E-state index in [1.807, 2.05) is 36.9 Å². The zero-order valence-corrected chi connectivity index (χ0v) is 15.7. The van der Waals surface area contributed by atoms with E-state index < -0.39 is 0 Å². The quantitative estimate of drug-likeness (QED) is 0.916. The van der Waals surface area contributed by atoms with Crippen molar-refractivity contribution in [1.82, 2.24) is 14.9 Å². The number of likely N-dealkylation sites (tertiary alicyclic amines) is 1. The van der Waals surface area contributed by atoms with Crippen molar-refractivity contribution in [3.8, 4) is 0 Å². The second kappa shape index (κ2) is 6.85. The van der Waals surface area contributed by atoms with Gasteiger partial charge in [0.15, 0.2) is 0 Å². The van der Waals surface area contributed by atoms with Crippen LogP contribution in [0, 0.1) is 13.8 Å². The lowest BCUT2D eigenvalue weighted by molar-refractivity contribution is -0.120. The number of carbonyl (C=O) groups is 1. The van der Waals surface area contributed by atoms with Crippen molar-refractivity contribution in [2.45, 2.75) is 38.8 Å². The monoisotopic (exact) mass is 354 g/mol. The number of aryl methyl sites for hydroxylation is 2. The lowest BCUT2D eigenvalue weighted by atomic mass is 10.2. The molecule has 1 fully saturated rings. The summed E-state index contributed by atoms with van der Waals surface area (Å²) in [4.78, 5) is 25.2. The number of hydrogen-bond donors (Lipinski definition) is 1. The Kier molecular flexibility index (Phi) is 4.54. The third kappa shape index (κ3) is 3.04. The molecule has 0 saturated carbocycles. The van der Waals surface area contributed by atoms with Gasteiger partial charge in [0.25, 0.3) is 0 Å². The number of rotatable bonds is 4. The summed E-state index contributed by atoms with van der Waals surface area (Å²) in [5, 5.41) is 0. The van der Waals surface area contributed by atoms with Crippen molar-refractivity contribution in [3.05, 3.63) is 47.0 Å². The first-order valence-electron chi connectivity index (χ1n) is 9.25. The molecule has 4 rings (SSSR count). The minimum Gasteiger partial charge on any atom is -0.380 e. The second-order valence-electron chi connectivity index (χ2n) is 7.30. The smallest absolute Gasteiger partial charge is 0.241 e. The summed E-state index contributed by atoms with van der Waals surface area (Å²) in [7, 11) is 1.74. The molecule has 0 spiro atoms. The Morgan fingerprint density at radius 1 is 1.35 bits per heavy atom. The normalized spacial score (nSPS) is 22.8. The van der Waals surface area contributed by atoms with Gasteiger partial charge in [0.2, 0.25) is 5.91 Å². The van der Waals surface area contributed by atoms with Gasteiger partial charge in [0, 0.05) is 31.6 Å². The van der Waals surface area contributed by atoms with Crippen LogP contribution in [0.5, 0.6) is 0 Å². The number of para-hydroxylation sites is 1. The molecule has 3 heterocycles. The molecular weight excluding hydrogens is 328 g/mol. The van der Waals surface area contributed by atoms with Gasteiger partial charge in [0.05, 0.1) is 24.4 Å². The minimum atomic E-state index is 0.0918. The molecule has 0 radical (unpaired) electrons. The molecule has 1 aromatic heterocycles. The van der Waals surface area contributed by atoms with Gasteiger partial charge in [-0.2, -0.15) is 0 Å². The van der Waals surface area contributed by atoms with E-state index in [-0.39, 0.29) is 18.1 Å². The Morgan fingerprint density at radius 3 is 2.88 bits per heavy atom. The zero-order valence-electron chi connectivity index (χ0n) is 15.7. The van der Waals surface area contributed by atoms with Crippen LogP contribution in [0.2, 0.25) is 0 Å². The minimum absolute atomic E-state index is 0.0918. The summed E-state index contributed by atoms with van der Waals surface area (Å²) in [6, 6.07) is 8.27. The number of imidazole rings is 1. The van der Waals surface area contributed by atoms with Crippen LogP contribution in [-0.2, 0) is 16.0 Å². The molecule has 1 aromatic carbocycles. The molecular formula is C20H26N4O2. The molecule has 1 amide bonds. The highest BCUT2D eigenvalue weighted by molar-refractivity contribution is 5.96. The van der Waals surface area contributed by atoms with Gasteiger partial charge in [0.1, 0.15) is 5.82 Å². The molecule has 6 heteroatoms. The fraction of sp³-hybridized carbons (Fsp3) is 0.500. The van der Waals surface area contributed by atoms with Crippen molar-refractivity contribution in [1.29, 1.82) is 0 Å². The van der Waals surface area contributed by atoms with Crippen molar-refractivity contribution in [2.75, 3.05) is 31.6 Å². The third-order valence-electron chi connectivity index (χ3n) is 5.69. The summed E-state index contributed by atoms with van der Waals surface area (Å²) in [5.41, 5.74) is 4.41. The molecule has 6 nitrogen and oxygen atoms in total. The highest BCUT2D eigenvalue weighted by Crippen LogP contribution is 2.33. The standard InChI is InChI=1S/C20H26N4O2/c1-13-14(2)22-20(21-13)18-10-16(26-3)11-23(18)12-19(25)24-9-8-15-6-4-5-7-17(15)24/h4-7,16,18H,8-12H2,1-3H3,(H,21,22)/t16-,18+/m1/s1. The predicted octanol–water partition coefficient (Wildman–Crippen LogP) is 2.38. The number of ether oxygens (including phenoxy) is 1. The maximum Gasteiger partial charge on any atom is 0.241 e. The number of nitrogens with zero attached hydrogens (tertiary/aromatic N) is 3. The first-order valence-corrected chi connectivity index (χ1v) is 9.25. The van der Waals surface area contributed by atoms with Gasteiger partial charge in [-0.1, -0.05) is 18.2 Å². The number of carbonyl (C=O) groups excluding carboxylic acids is 1. The number of anilines is 1. The van der Waals surface area contributed by atoms with Crippen LogP contribution >= 0.6 is 0 Å². The van der Waals surface area contributed by atoms with Crippen LogP contribution in [0.3, 0.4) is 0 Å². The number of nitrogens with one attached hydrogen (secondary N) is 1. The number of benzene rings is 1. The van der Waals surface area contributed by atoms with E-state index in [9.17, 15) is 4.79 Å². The molecule has 138 valence electrons. The van der Waals surface area contributed by atoms with Crippen LogP contribution in [0.1, 0.15) is 35.2 Å². The van der Waals surface area contributed by atoms with E-state index in [0.717, 1.165) is 48.8 Å². The van der Waals surface area contributed by atoms with E-state index in [1.54, 1.807) is 7.11 Å². The fourth-order valence-corrected chi connectivity index (χ4v) is 4.08. The van der Waals surface area contributed by atoms with Crippen molar-refractivity contribution in [3.63, 3.8) is 0 Å². The van der Waals surface area contributed by atoms with Gasteiger partial charge in [-0.25, -0.2) is 4.98 Å². The molecule has 0 aliphatic carbocycles.